The highest BCUT2D eigenvalue weighted by atomic mass is 32.2. The predicted molar refractivity (Wildman–Crippen MR) is 86.3 cm³/mol. The maximum atomic E-state index is 13.7. The first-order chi connectivity index (χ1) is 12.0. The van der Waals surface area contributed by atoms with E-state index in [1.54, 1.807) is 20.8 Å². The lowest BCUT2D eigenvalue weighted by atomic mass is 9.85. The Hall–Kier alpha value is -1.33. The number of benzene rings is 1. The van der Waals surface area contributed by atoms with E-state index in [0.717, 1.165) is 0 Å². The van der Waals surface area contributed by atoms with Crippen molar-refractivity contribution >= 4 is 11.1 Å². The molecule has 11 heteroatoms. The average Bonchev–Trinajstić information content (AvgIpc) is 2.52. The molecule has 0 aromatic heterocycles. The molecule has 27 heavy (non-hydrogen) atoms. The maximum absolute atomic E-state index is 13.7. The molecule has 0 radical (unpaired) electrons. The monoisotopic (exact) mass is 422 g/mol. The van der Waals surface area contributed by atoms with Crippen LogP contribution in [0.2, 0.25) is 0 Å². The Morgan fingerprint density at radius 1 is 0.926 bits per heavy atom. The van der Waals surface area contributed by atoms with Gasteiger partial charge in [-0.1, -0.05) is 20.8 Å². The Labute approximate surface area is 154 Å². The quantitative estimate of drug-likeness (QED) is 0.655. The van der Waals surface area contributed by atoms with E-state index in [1.165, 1.54) is 12.1 Å². The summed E-state index contributed by atoms with van der Waals surface area (Å²) in [7, 11) is 0. The number of hydrogen-bond acceptors (Lipinski definition) is 4. The van der Waals surface area contributed by atoms with E-state index < -0.39 is 59.5 Å². The second-order valence-electron chi connectivity index (χ2n) is 6.99. The summed E-state index contributed by atoms with van der Waals surface area (Å²) in [6.45, 7) is 3.21. The van der Waals surface area contributed by atoms with Crippen molar-refractivity contribution in [3.63, 3.8) is 0 Å². The van der Waals surface area contributed by atoms with Crippen LogP contribution in [0.15, 0.2) is 12.1 Å². The third-order valence-electron chi connectivity index (χ3n) is 3.73. The van der Waals surface area contributed by atoms with Gasteiger partial charge in [-0.3, -0.25) is 0 Å². The molecule has 0 saturated heterocycles. The van der Waals surface area contributed by atoms with Crippen molar-refractivity contribution in [2.24, 2.45) is 0 Å². The van der Waals surface area contributed by atoms with E-state index >= 15 is 0 Å². The topological polar surface area (TPSA) is 66.8 Å². The fraction of sp³-hybridized carbons (Fsp3) is 0.625. The highest BCUT2D eigenvalue weighted by Gasteiger charge is 2.73. The van der Waals surface area contributed by atoms with Crippen molar-refractivity contribution in [3.8, 4) is 5.75 Å². The molecule has 1 atom stereocenters. The van der Waals surface area contributed by atoms with E-state index in [1.807, 2.05) is 0 Å². The third-order valence-corrected chi connectivity index (χ3v) is 4.73. The molecule has 4 nitrogen and oxygen atoms in total. The minimum absolute atomic E-state index is 0.220. The molecule has 0 spiro atoms. The summed E-state index contributed by atoms with van der Waals surface area (Å²) in [5.74, 6) is -11.9. The Kier molecular flexibility index (Phi) is 6.67. The summed E-state index contributed by atoms with van der Waals surface area (Å²) in [6, 6.07) is 2.58. The van der Waals surface area contributed by atoms with E-state index in [4.69, 9.17) is 0 Å². The van der Waals surface area contributed by atoms with Gasteiger partial charge in [0.25, 0.3) is 11.1 Å². The normalized spacial score (nSPS) is 15.0. The molecule has 156 valence electrons. The summed E-state index contributed by atoms with van der Waals surface area (Å²) >= 11 is -4.23. The van der Waals surface area contributed by atoms with Gasteiger partial charge in [0.1, 0.15) is 0 Å². The van der Waals surface area contributed by atoms with Gasteiger partial charge in [-0.25, -0.2) is 4.21 Å². The van der Waals surface area contributed by atoms with Crippen LogP contribution >= 0.6 is 0 Å². The van der Waals surface area contributed by atoms with Crippen LogP contribution in [0.4, 0.5) is 26.3 Å². The van der Waals surface area contributed by atoms with Crippen molar-refractivity contribution in [2.45, 2.75) is 63.4 Å². The van der Waals surface area contributed by atoms with Gasteiger partial charge in [0.2, 0.25) is 0 Å². The largest absolute Gasteiger partial charge is 0.423 e. The van der Waals surface area contributed by atoms with E-state index in [0.29, 0.717) is 5.56 Å². The molecule has 0 fully saturated rings. The van der Waals surface area contributed by atoms with Crippen LogP contribution in [0.25, 0.3) is 0 Å². The molecular weight excluding hydrogens is 402 g/mol. The van der Waals surface area contributed by atoms with Crippen LogP contribution in [-0.4, -0.2) is 31.5 Å². The maximum Gasteiger partial charge on any atom is 0.423 e. The SMILES string of the molecule is CC(C)(C)c1cc(CO)c(OS(=O)C(F)(F)C(F)(F)C(C)(F)F)c(CO)c1. The van der Waals surface area contributed by atoms with Gasteiger partial charge in [0.05, 0.1) is 13.2 Å². The summed E-state index contributed by atoms with van der Waals surface area (Å²) in [5.41, 5.74) is -0.414. The van der Waals surface area contributed by atoms with Crippen molar-refractivity contribution in [3.05, 3.63) is 28.8 Å². The molecule has 1 unspecified atom stereocenters. The first-order valence-electron chi connectivity index (χ1n) is 7.62. The number of aliphatic hydroxyl groups is 2. The highest BCUT2D eigenvalue weighted by molar-refractivity contribution is 7.81. The van der Waals surface area contributed by atoms with Crippen LogP contribution < -0.4 is 4.18 Å². The lowest BCUT2D eigenvalue weighted by Gasteiger charge is -2.29. The Bertz CT molecular complexity index is 685. The lowest BCUT2D eigenvalue weighted by molar-refractivity contribution is -0.271. The molecule has 2 N–H and O–H groups in total. The van der Waals surface area contributed by atoms with Crippen LogP contribution in [0, 0.1) is 0 Å². The molecule has 1 rings (SSSR count). The summed E-state index contributed by atoms with van der Waals surface area (Å²) < 4.78 is 96.0. The highest BCUT2D eigenvalue weighted by Crippen LogP contribution is 2.48. The average molecular weight is 422 g/mol. The lowest BCUT2D eigenvalue weighted by Crippen LogP contribution is -2.55. The van der Waals surface area contributed by atoms with E-state index in [9.17, 15) is 40.8 Å². The minimum Gasteiger partial charge on any atom is -0.395 e. The second-order valence-corrected chi connectivity index (χ2v) is 8.14. The van der Waals surface area contributed by atoms with Crippen LogP contribution in [-0.2, 0) is 29.7 Å². The van der Waals surface area contributed by atoms with Crippen LogP contribution in [0.1, 0.15) is 44.4 Å². The molecule has 1 aromatic rings. The smallest absolute Gasteiger partial charge is 0.395 e. The summed E-state index contributed by atoms with van der Waals surface area (Å²) in [5, 5.41) is 13.1. The molecule has 0 aliphatic heterocycles. The molecule has 0 aliphatic rings. The first kappa shape index (κ1) is 23.7. The van der Waals surface area contributed by atoms with Crippen molar-refractivity contribution in [1.82, 2.24) is 0 Å². The van der Waals surface area contributed by atoms with Crippen LogP contribution in [0.3, 0.4) is 0 Å². The molecule has 0 saturated carbocycles. The fourth-order valence-corrected chi connectivity index (χ4v) is 2.88. The van der Waals surface area contributed by atoms with E-state index in [2.05, 4.69) is 4.18 Å². The fourth-order valence-electron chi connectivity index (χ4n) is 2.02. The van der Waals surface area contributed by atoms with Crippen LogP contribution in [0.5, 0.6) is 5.75 Å². The number of alkyl halides is 6. The summed E-state index contributed by atoms with van der Waals surface area (Å²) in [6.07, 6.45) is 0. The molecule has 0 heterocycles. The van der Waals surface area contributed by atoms with Gasteiger partial charge in [-0.05, 0) is 23.1 Å². The minimum atomic E-state index is -5.96. The van der Waals surface area contributed by atoms with Crippen molar-refractivity contribution in [1.29, 1.82) is 0 Å². The third kappa shape index (κ3) is 4.57. The van der Waals surface area contributed by atoms with Gasteiger partial charge in [0, 0.05) is 18.1 Å². The Morgan fingerprint density at radius 2 is 1.33 bits per heavy atom. The Morgan fingerprint density at radius 3 is 1.63 bits per heavy atom. The van der Waals surface area contributed by atoms with Gasteiger partial charge < -0.3 is 14.4 Å². The zero-order valence-corrected chi connectivity index (χ0v) is 15.8. The molecular formula is C16H20F6O4S. The molecule has 0 bridgehead atoms. The molecule has 0 amide bonds. The van der Waals surface area contributed by atoms with E-state index in [-0.39, 0.29) is 11.1 Å². The summed E-state index contributed by atoms with van der Waals surface area (Å²) in [4.78, 5) is 0. The van der Waals surface area contributed by atoms with Gasteiger partial charge in [-0.15, -0.1) is 0 Å². The van der Waals surface area contributed by atoms with Gasteiger partial charge >= 0.3 is 17.1 Å². The Balaban J connectivity index is 3.42. The van der Waals surface area contributed by atoms with Gasteiger partial charge in [0.15, 0.2) is 5.75 Å². The molecule has 0 aliphatic carbocycles. The number of halogens is 6. The second kappa shape index (κ2) is 7.59. The zero-order valence-electron chi connectivity index (χ0n) is 15.0. The number of rotatable bonds is 7. The number of hydrogen-bond donors (Lipinski definition) is 2. The standard InChI is InChI=1S/C16H20F6O4S/c1-13(2,3)11-5-9(7-23)12(10(6-11)8-24)26-27(25)16(21,22)15(19,20)14(4,17)18/h5-6,23-24H,7-8H2,1-4H3. The predicted octanol–water partition coefficient (Wildman–Crippen LogP) is 3.89. The molecule has 1 aromatic carbocycles. The first-order valence-corrected chi connectivity index (χ1v) is 8.69. The van der Waals surface area contributed by atoms with Gasteiger partial charge in [-0.2, -0.15) is 26.3 Å². The zero-order chi connectivity index (χ0) is 21.4. The van der Waals surface area contributed by atoms with Crippen molar-refractivity contribution in [2.75, 3.05) is 0 Å². The van der Waals surface area contributed by atoms with Crippen molar-refractivity contribution < 1.29 is 44.9 Å². The number of aliphatic hydroxyl groups excluding tert-OH is 2.